The Hall–Kier alpha value is -0.610. The van der Waals surface area contributed by atoms with Crippen LogP contribution in [0.5, 0.6) is 0 Å². The van der Waals surface area contributed by atoms with Gasteiger partial charge in [0, 0.05) is 6.54 Å². The van der Waals surface area contributed by atoms with Crippen LogP contribution in [0.15, 0.2) is 0 Å². The van der Waals surface area contributed by atoms with Crippen LogP contribution in [0.4, 0.5) is 0 Å². The molecule has 0 saturated heterocycles. The number of rotatable bonds is 8. The summed E-state index contributed by atoms with van der Waals surface area (Å²) in [5, 5.41) is 3.18. The van der Waals surface area contributed by atoms with Gasteiger partial charge < -0.3 is 14.8 Å². The number of ether oxygens (including phenoxy) is 2. The Kier molecular flexibility index (Phi) is 7.21. The largest absolute Gasteiger partial charge is 0.465 e. The van der Waals surface area contributed by atoms with Gasteiger partial charge in [0.25, 0.3) is 0 Å². The van der Waals surface area contributed by atoms with Crippen molar-refractivity contribution in [1.82, 2.24) is 5.32 Å². The standard InChI is InChI=1S/C13H25NO3/c1-3-12(13(15)16-4-2)14-9-10-17-11-7-5-6-8-11/h11-12,14H,3-10H2,1-2H3. The van der Waals surface area contributed by atoms with E-state index in [9.17, 15) is 4.79 Å². The molecule has 17 heavy (non-hydrogen) atoms. The van der Waals surface area contributed by atoms with Crippen molar-refractivity contribution in [3.05, 3.63) is 0 Å². The Morgan fingerprint density at radius 3 is 2.65 bits per heavy atom. The average Bonchev–Trinajstić information content (AvgIpc) is 2.82. The van der Waals surface area contributed by atoms with Crippen molar-refractivity contribution in [2.45, 2.75) is 58.1 Å². The topological polar surface area (TPSA) is 47.6 Å². The molecule has 1 fully saturated rings. The number of carbonyl (C=O) groups is 1. The molecule has 0 aliphatic heterocycles. The summed E-state index contributed by atoms with van der Waals surface area (Å²) in [5.41, 5.74) is 0. The van der Waals surface area contributed by atoms with Crippen molar-refractivity contribution in [3.63, 3.8) is 0 Å². The van der Waals surface area contributed by atoms with E-state index in [4.69, 9.17) is 9.47 Å². The summed E-state index contributed by atoms with van der Waals surface area (Å²) in [6, 6.07) is -0.192. The van der Waals surface area contributed by atoms with E-state index in [-0.39, 0.29) is 12.0 Å². The fourth-order valence-corrected chi connectivity index (χ4v) is 2.15. The van der Waals surface area contributed by atoms with E-state index in [1.807, 2.05) is 13.8 Å². The lowest BCUT2D eigenvalue weighted by Crippen LogP contribution is -2.39. The molecule has 0 aromatic rings. The smallest absolute Gasteiger partial charge is 0.323 e. The number of hydrogen-bond donors (Lipinski definition) is 1. The maximum absolute atomic E-state index is 11.5. The zero-order chi connectivity index (χ0) is 12.5. The molecule has 1 unspecified atom stereocenters. The molecule has 1 aliphatic rings. The van der Waals surface area contributed by atoms with E-state index in [0.717, 1.165) is 6.42 Å². The molecule has 0 heterocycles. The van der Waals surface area contributed by atoms with Crippen LogP contribution in [-0.4, -0.2) is 37.9 Å². The predicted molar refractivity (Wildman–Crippen MR) is 66.9 cm³/mol. The Bertz CT molecular complexity index is 215. The molecule has 1 saturated carbocycles. The zero-order valence-electron chi connectivity index (χ0n) is 11.0. The summed E-state index contributed by atoms with van der Waals surface area (Å²) in [4.78, 5) is 11.5. The van der Waals surface area contributed by atoms with Gasteiger partial charge in [-0.2, -0.15) is 0 Å². The number of esters is 1. The molecular formula is C13H25NO3. The highest BCUT2D eigenvalue weighted by Crippen LogP contribution is 2.20. The second kappa shape index (κ2) is 8.48. The third-order valence-electron chi connectivity index (χ3n) is 3.13. The summed E-state index contributed by atoms with van der Waals surface area (Å²) < 4.78 is 10.7. The SMILES string of the molecule is CCOC(=O)C(CC)NCCOC1CCCC1. The van der Waals surface area contributed by atoms with Crippen LogP contribution < -0.4 is 5.32 Å². The molecule has 4 nitrogen and oxygen atoms in total. The highest BCUT2D eigenvalue weighted by atomic mass is 16.5. The number of carbonyl (C=O) groups excluding carboxylic acids is 1. The molecule has 0 aromatic carbocycles. The molecule has 1 atom stereocenters. The summed E-state index contributed by atoms with van der Waals surface area (Å²) in [6.45, 7) is 5.64. The normalized spacial score (nSPS) is 18.2. The first kappa shape index (κ1) is 14.5. The minimum Gasteiger partial charge on any atom is -0.465 e. The molecule has 1 rings (SSSR count). The van der Waals surface area contributed by atoms with Gasteiger partial charge in [-0.1, -0.05) is 19.8 Å². The Balaban J connectivity index is 2.08. The van der Waals surface area contributed by atoms with Crippen LogP contribution in [0.3, 0.4) is 0 Å². The molecule has 1 aliphatic carbocycles. The Morgan fingerprint density at radius 1 is 1.35 bits per heavy atom. The van der Waals surface area contributed by atoms with Crippen LogP contribution in [-0.2, 0) is 14.3 Å². The summed E-state index contributed by atoms with van der Waals surface area (Å²) >= 11 is 0. The highest BCUT2D eigenvalue weighted by Gasteiger charge is 2.18. The molecule has 1 N–H and O–H groups in total. The minimum absolute atomic E-state index is 0.157. The van der Waals surface area contributed by atoms with E-state index in [0.29, 0.717) is 25.9 Å². The first-order valence-corrected chi connectivity index (χ1v) is 6.79. The lowest BCUT2D eigenvalue weighted by Gasteiger charge is -2.16. The van der Waals surface area contributed by atoms with Gasteiger partial charge in [0.2, 0.25) is 0 Å². The third-order valence-corrected chi connectivity index (χ3v) is 3.13. The zero-order valence-corrected chi connectivity index (χ0v) is 11.0. The Morgan fingerprint density at radius 2 is 2.06 bits per heavy atom. The van der Waals surface area contributed by atoms with Gasteiger partial charge in [-0.3, -0.25) is 4.79 Å². The van der Waals surface area contributed by atoms with Crippen LogP contribution in [0.25, 0.3) is 0 Å². The number of hydrogen-bond acceptors (Lipinski definition) is 4. The van der Waals surface area contributed by atoms with Crippen molar-refractivity contribution in [2.75, 3.05) is 19.8 Å². The molecular weight excluding hydrogens is 218 g/mol. The van der Waals surface area contributed by atoms with Crippen LogP contribution in [0.1, 0.15) is 46.0 Å². The predicted octanol–water partition coefficient (Wildman–Crippen LogP) is 1.88. The van der Waals surface area contributed by atoms with Crippen LogP contribution in [0, 0.1) is 0 Å². The van der Waals surface area contributed by atoms with Gasteiger partial charge in [-0.15, -0.1) is 0 Å². The monoisotopic (exact) mass is 243 g/mol. The molecule has 0 bridgehead atoms. The van der Waals surface area contributed by atoms with Crippen molar-refractivity contribution in [2.24, 2.45) is 0 Å². The lowest BCUT2D eigenvalue weighted by atomic mass is 10.2. The quantitative estimate of drug-likeness (QED) is 0.522. The van der Waals surface area contributed by atoms with E-state index < -0.39 is 0 Å². The van der Waals surface area contributed by atoms with Crippen LogP contribution >= 0.6 is 0 Å². The highest BCUT2D eigenvalue weighted by molar-refractivity contribution is 5.75. The van der Waals surface area contributed by atoms with E-state index in [1.165, 1.54) is 25.7 Å². The maximum atomic E-state index is 11.5. The molecule has 4 heteroatoms. The number of nitrogens with one attached hydrogen (secondary N) is 1. The van der Waals surface area contributed by atoms with Crippen molar-refractivity contribution >= 4 is 5.97 Å². The second-order valence-corrected chi connectivity index (χ2v) is 4.44. The van der Waals surface area contributed by atoms with Gasteiger partial charge >= 0.3 is 5.97 Å². The van der Waals surface area contributed by atoms with Gasteiger partial charge in [-0.05, 0) is 26.2 Å². The van der Waals surface area contributed by atoms with E-state index >= 15 is 0 Å². The minimum atomic E-state index is -0.192. The first-order valence-electron chi connectivity index (χ1n) is 6.79. The first-order chi connectivity index (χ1) is 8.27. The van der Waals surface area contributed by atoms with Crippen LogP contribution in [0.2, 0.25) is 0 Å². The third kappa shape index (κ3) is 5.50. The Labute approximate surface area is 104 Å². The summed E-state index contributed by atoms with van der Waals surface area (Å²) in [7, 11) is 0. The molecule has 0 spiro atoms. The van der Waals surface area contributed by atoms with E-state index in [2.05, 4.69) is 5.32 Å². The molecule has 0 radical (unpaired) electrons. The summed E-state index contributed by atoms with van der Waals surface area (Å²) in [5.74, 6) is -0.157. The second-order valence-electron chi connectivity index (χ2n) is 4.44. The lowest BCUT2D eigenvalue weighted by molar-refractivity contribution is -0.145. The fraction of sp³-hybridized carbons (Fsp3) is 0.923. The van der Waals surface area contributed by atoms with Crippen molar-refractivity contribution in [1.29, 1.82) is 0 Å². The fourth-order valence-electron chi connectivity index (χ4n) is 2.15. The molecule has 0 amide bonds. The van der Waals surface area contributed by atoms with Gasteiger partial charge in [0.15, 0.2) is 0 Å². The van der Waals surface area contributed by atoms with E-state index in [1.54, 1.807) is 0 Å². The molecule has 100 valence electrons. The van der Waals surface area contributed by atoms with Crippen molar-refractivity contribution in [3.8, 4) is 0 Å². The maximum Gasteiger partial charge on any atom is 0.323 e. The summed E-state index contributed by atoms with van der Waals surface area (Å²) in [6.07, 6.45) is 6.16. The van der Waals surface area contributed by atoms with Gasteiger partial charge in [-0.25, -0.2) is 0 Å². The van der Waals surface area contributed by atoms with Crippen molar-refractivity contribution < 1.29 is 14.3 Å². The molecule has 0 aromatic heterocycles. The average molecular weight is 243 g/mol. The van der Waals surface area contributed by atoms with Gasteiger partial charge in [0.1, 0.15) is 6.04 Å². The van der Waals surface area contributed by atoms with Gasteiger partial charge in [0.05, 0.1) is 19.3 Å².